The van der Waals surface area contributed by atoms with E-state index in [1.807, 2.05) is 0 Å². The Labute approximate surface area is 111 Å². The van der Waals surface area contributed by atoms with Crippen LogP contribution in [0.1, 0.15) is 29.9 Å². The zero-order valence-corrected chi connectivity index (χ0v) is 11.2. The van der Waals surface area contributed by atoms with E-state index >= 15 is 0 Å². The highest BCUT2D eigenvalue weighted by atomic mass is 16.5. The number of piperidine rings is 1. The minimum atomic E-state index is -0.824. The molecule has 2 heterocycles. The molecule has 0 unspecified atom stereocenters. The van der Waals surface area contributed by atoms with Crippen LogP contribution in [0.4, 0.5) is 0 Å². The second-order valence-corrected chi connectivity index (χ2v) is 5.00. The van der Waals surface area contributed by atoms with Crippen LogP contribution in [-0.2, 0) is 16.0 Å². The van der Waals surface area contributed by atoms with E-state index in [4.69, 9.17) is 9.63 Å². The number of nitrogens with zero attached hydrogens (tertiary/aromatic N) is 2. The Morgan fingerprint density at radius 3 is 2.79 bits per heavy atom. The van der Waals surface area contributed by atoms with Gasteiger partial charge in [0, 0.05) is 18.7 Å². The van der Waals surface area contributed by atoms with Crippen LogP contribution in [0.5, 0.6) is 0 Å². The first-order valence-electron chi connectivity index (χ1n) is 6.41. The molecule has 1 aromatic heterocycles. The molecule has 1 aliphatic rings. The van der Waals surface area contributed by atoms with Gasteiger partial charge >= 0.3 is 5.97 Å². The lowest BCUT2D eigenvalue weighted by atomic mass is 9.97. The zero-order chi connectivity index (χ0) is 14.0. The number of hydrogen-bond donors (Lipinski definition) is 1. The van der Waals surface area contributed by atoms with Crippen molar-refractivity contribution < 1.29 is 19.2 Å². The number of carbonyl (C=O) groups excluding carboxylic acids is 1. The molecule has 0 aromatic carbocycles. The van der Waals surface area contributed by atoms with Gasteiger partial charge in [-0.3, -0.25) is 9.59 Å². The molecule has 1 aliphatic heterocycles. The first-order valence-corrected chi connectivity index (χ1v) is 6.41. The van der Waals surface area contributed by atoms with Crippen LogP contribution in [0, 0.1) is 19.8 Å². The van der Waals surface area contributed by atoms with Crippen LogP contribution in [-0.4, -0.2) is 40.1 Å². The summed E-state index contributed by atoms with van der Waals surface area (Å²) in [4.78, 5) is 24.8. The van der Waals surface area contributed by atoms with E-state index < -0.39 is 11.9 Å². The average molecular weight is 266 g/mol. The van der Waals surface area contributed by atoms with Crippen molar-refractivity contribution in [3.63, 3.8) is 0 Å². The summed E-state index contributed by atoms with van der Waals surface area (Å²) in [5.74, 6) is -0.671. The van der Waals surface area contributed by atoms with Gasteiger partial charge in [0.25, 0.3) is 0 Å². The van der Waals surface area contributed by atoms with Crippen molar-refractivity contribution in [2.45, 2.75) is 33.1 Å². The van der Waals surface area contributed by atoms with Crippen molar-refractivity contribution >= 4 is 11.9 Å². The van der Waals surface area contributed by atoms with Crippen LogP contribution in [0.25, 0.3) is 0 Å². The molecule has 1 amide bonds. The Kier molecular flexibility index (Phi) is 3.87. The molecule has 0 radical (unpaired) electrons. The normalized spacial score (nSPS) is 19.5. The Morgan fingerprint density at radius 2 is 2.21 bits per heavy atom. The summed E-state index contributed by atoms with van der Waals surface area (Å²) in [5.41, 5.74) is 1.53. The molecule has 0 aliphatic carbocycles. The van der Waals surface area contributed by atoms with Gasteiger partial charge < -0.3 is 14.5 Å². The van der Waals surface area contributed by atoms with Crippen LogP contribution in [0.3, 0.4) is 0 Å². The number of aliphatic carboxylic acids is 1. The lowest BCUT2D eigenvalue weighted by molar-refractivity contribution is -0.145. The number of carbonyl (C=O) groups is 2. The van der Waals surface area contributed by atoms with Gasteiger partial charge in [0.1, 0.15) is 5.76 Å². The molecular formula is C13H18N2O4. The lowest BCUT2D eigenvalue weighted by Gasteiger charge is -2.30. The van der Waals surface area contributed by atoms with Gasteiger partial charge in [-0.05, 0) is 26.7 Å². The van der Waals surface area contributed by atoms with Crippen molar-refractivity contribution in [2.75, 3.05) is 13.1 Å². The molecule has 1 atom stereocenters. The highest BCUT2D eigenvalue weighted by molar-refractivity contribution is 5.80. The molecule has 0 saturated carbocycles. The largest absolute Gasteiger partial charge is 0.481 e. The van der Waals surface area contributed by atoms with Crippen LogP contribution in [0.15, 0.2) is 4.52 Å². The predicted molar refractivity (Wildman–Crippen MR) is 66.6 cm³/mol. The maximum Gasteiger partial charge on any atom is 0.308 e. The third-order valence-corrected chi connectivity index (χ3v) is 3.63. The number of aromatic nitrogens is 1. The van der Waals surface area contributed by atoms with Crippen molar-refractivity contribution in [2.24, 2.45) is 5.92 Å². The van der Waals surface area contributed by atoms with Crippen molar-refractivity contribution in [3.8, 4) is 0 Å². The SMILES string of the molecule is Cc1noc(C)c1CC(=O)N1CCC[C@H](C(=O)O)C1. The number of carboxylic acids is 1. The number of rotatable bonds is 3. The summed E-state index contributed by atoms with van der Waals surface area (Å²) in [5, 5.41) is 12.8. The summed E-state index contributed by atoms with van der Waals surface area (Å²) in [6.07, 6.45) is 1.61. The fourth-order valence-corrected chi connectivity index (χ4v) is 2.42. The molecule has 6 nitrogen and oxygen atoms in total. The Hall–Kier alpha value is -1.85. The minimum absolute atomic E-state index is 0.0552. The maximum atomic E-state index is 12.2. The molecule has 1 fully saturated rings. The van der Waals surface area contributed by atoms with Gasteiger partial charge in [-0.25, -0.2) is 0 Å². The number of amides is 1. The van der Waals surface area contributed by atoms with Crippen LogP contribution < -0.4 is 0 Å². The van der Waals surface area contributed by atoms with E-state index in [0.717, 1.165) is 17.7 Å². The third-order valence-electron chi connectivity index (χ3n) is 3.63. The molecule has 0 bridgehead atoms. The van der Waals surface area contributed by atoms with E-state index in [2.05, 4.69) is 5.16 Å². The van der Waals surface area contributed by atoms with Crippen molar-refractivity contribution in [1.82, 2.24) is 10.1 Å². The lowest BCUT2D eigenvalue weighted by Crippen LogP contribution is -2.43. The summed E-state index contributed by atoms with van der Waals surface area (Å²) >= 11 is 0. The number of hydrogen-bond acceptors (Lipinski definition) is 4. The zero-order valence-electron chi connectivity index (χ0n) is 11.2. The average Bonchev–Trinajstić information content (AvgIpc) is 2.70. The maximum absolute atomic E-state index is 12.2. The molecule has 0 spiro atoms. The van der Waals surface area contributed by atoms with E-state index in [0.29, 0.717) is 25.3 Å². The highest BCUT2D eigenvalue weighted by Crippen LogP contribution is 2.19. The predicted octanol–water partition coefficient (Wildman–Crippen LogP) is 1.16. The quantitative estimate of drug-likeness (QED) is 0.887. The molecule has 19 heavy (non-hydrogen) atoms. The second-order valence-electron chi connectivity index (χ2n) is 5.00. The fraction of sp³-hybridized carbons (Fsp3) is 0.615. The summed E-state index contributed by atoms with van der Waals surface area (Å²) in [7, 11) is 0. The van der Waals surface area contributed by atoms with Gasteiger partial charge in [-0.1, -0.05) is 5.16 Å². The summed E-state index contributed by atoms with van der Waals surface area (Å²) < 4.78 is 5.03. The minimum Gasteiger partial charge on any atom is -0.481 e. The first-order chi connectivity index (χ1) is 8.99. The molecule has 2 rings (SSSR count). The highest BCUT2D eigenvalue weighted by Gasteiger charge is 2.28. The van der Waals surface area contributed by atoms with Gasteiger partial charge in [0.15, 0.2) is 0 Å². The molecule has 6 heteroatoms. The van der Waals surface area contributed by atoms with Crippen LogP contribution in [0.2, 0.25) is 0 Å². The van der Waals surface area contributed by atoms with Gasteiger partial charge in [0.2, 0.25) is 5.91 Å². The monoisotopic (exact) mass is 266 g/mol. The molecular weight excluding hydrogens is 248 g/mol. The third kappa shape index (κ3) is 2.94. The number of likely N-dealkylation sites (tertiary alicyclic amines) is 1. The summed E-state index contributed by atoms with van der Waals surface area (Å²) in [6, 6.07) is 0. The second kappa shape index (κ2) is 5.42. The first kappa shape index (κ1) is 13.6. The molecule has 104 valence electrons. The standard InChI is InChI=1S/C13H18N2O4/c1-8-11(9(2)19-14-8)6-12(16)15-5-3-4-10(7-15)13(17)18/h10H,3-7H2,1-2H3,(H,17,18)/t10-/m0/s1. The smallest absolute Gasteiger partial charge is 0.308 e. The number of aryl methyl sites for hydroxylation is 2. The van der Waals surface area contributed by atoms with Gasteiger partial charge in [-0.15, -0.1) is 0 Å². The molecule has 1 aromatic rings. The van der Waals surface area contributed by atoms with Gasteiger partial charge in [0.05, 0.1) is 18.0 Å². The fourth-order valence-electron chi connectivity index (χ4n) is 2.42. The van der Waals surface area contributed by atoms with Crippen molar-refractivity contribution in [3.05, 3.63) is 17.0 Å². The van der Waals surface area contributed by atoms with Crippen LogP contribution >= 0.6 is 0 Å². The topological polar surface area (TPSA) is 83.6 Å². The van der Waals surface area contributed by atoms with E-state index in [-0.39, 0.29) is 12.3 Å². The molecule has 1 N–H and O–H groups in total. The Bertz CT molecular complexity index is 475. The van der Waals surface area contributed by atoms with Gasteiger partial charge in [-0.2, -0.15) is 0 Å². The summed E-state index contributed by atoms with van der Waals surface area (Å²) in [6.45, 7) is 4.51. The number of carboxylic acid groups (broad SMARTS) is 1. The Balaban J connectivity index is 2.02. The van der Waals surface area contributed by atoms with E-state index in [1.54, 1.807) is 18.7 Å². The van der Waals surface area contributed by atoms with Crippen molar-refractivity contribution in [1.29, 1.82) is 0 Å². The Morgan fingerprint density at radius 1 is 1.47 bits per heavy atom. The molecule has 1 saturated heterocycles. The van der Waals surface area contributed by atoms with E-state index in [9.17, 15) is 9.59 Å². The van der Waals surface area contributed by atoms with E-state index in [1.165, 1.54) is 0 Å².